The molecule has 3 aromatic rings. The topological polar surface area (TPSA) is 43.4 Å². The first-order chi connectivity index (χ1) is 13.6. The second kappa shape index (κ2) is 8.64. The van der Waals surface area contributed by atoms with Crippen molar-refractivity contribution < 1.29 is 9.47 Å². The van der Waals surface area contributed by atoms with E-state index in [1.165, 1.54) is 11.1 Å². The molecule has 4 rings (SSSR count). The van der Waals surface area contributed by atoms with Crippen LogP contribution < -0.4 is 14.8 Å². The Kier molecular flexibility index (Phi) is 5.99. The Morgan fingerprint density at radius 2 is 2.25 bits per heavy atom. The quantitative estimate of drug-likeness (QED) is 0.542. The lowest BCUT2D eigenvalue weighted by atomic mass is 10.1. The van der Waals surface area contributed by atoms with Gasteiger partial charge in [0.05, 0.1) is 12.6 Å². The molecule has 1 N–H and O–H groups in total. The summed E-state index contributed by atoms with van der Waals surface area (Å²) >= 11 is 3.46. The van der Waals surface area contributed by atoms with Gasteiger partial charge in [-0.15, -0.1) is 11.3 Å². The van der Waals surface area contributed by atoms with Crippen LogP contribution in [0.2, 0.25) is 0 Å². The fraction of sp³-hybridized carbons (Fsp3) is 0.409. The Morgan fingerprint density at radius 3 is 2.96 bits per heavy atom. The predicted octanol–water partition coefficient (Wildman–Crippen LogP) is 5.31. The van der Waals surface area contributed by atoms with Gasteiger partial charge in [0.1, 0.15) is 22.6 Å². The van der Waals surface area contributed by atoms with Crippen LogP contribution in [0.5, 0.6) is 11.5 Å². The lowest BCUT2D eigenvalue weighted by Gasteiger charge is -2.18. The molecule has 0 bridgehead atoms. The number of hydrogen-bond acceptors (Lipinski definition) is 6. The Bertz CT molecular complexity index is 921. The summed E-state index contributed by atoms with van der Waals surface area (Å²) in [5, 5.41) is 11.3. The van der Waals surface area contributed by atoms with Crippen molar-refractivity contribution in [1.82, 2.24) is 10.3 Å². The van der Waals surface area contributed by atoms with E-state index in [1.54, 1.807) is 22.7 Å². The highest BCUT2D eigenvalue weighted by Crippen LogP contribution is 2.35. The maximum Gasteiger partial charge on any atom is 0.124 e. The zero-order chi connectivity index (χ0) is 19.5. The largest absolute Gasteiger partial charge is 0.494 e. The fourth-order valence-corrected chi connectivity index (χ4v) is 5.12. The molecule has 3 heterocycles. The Morgan fingerprint density at radius 1 is 1.36 bits per heavy atom. The highest BCUT2D eigenvalue weighted by atomic mass is 32.1. The van der Waals surface area contributed by atoms with E-state index in [2.05, 4.69) is 46.6 Å². The van der Waals surface area contributed by atoms with Crippen LogP contribution in [0.15, 0.2) is 34.3 Å². The lowest BCUT2D eigenvalue weighted by Crippen LogP contribution is -2.23. The van der Waals surface area contributed by atoms with E-state index in [1.807, 2.05) is 13.8 Å². The van der Waals surface area contributed by atoms with Gasteiger partial charge in [-0.3, -0.25) is 0 Å². The molecule has 1 aliphatic heterocycles. The van der Waals surface area contributed by atoms with Crippen molar-refractivity contribution in [2.24, 2.45) is 0 Å². The highest BCUT2D eigenvalue weighted by Gasteiger charge is 2.23. The van der Waals surface area contributed by atoms with Gasteiger partial charge in [-0.25, -0.2) is 4.98 Å². The Hall–Kier alpha value is -1.89. The molecule has 0 saturated carbocycles. The standard InChI is InChI=1S/C22H26N2O2S2/c1-4-25-20-9-17-7-15(3)26-21(17)10-18(20)11-23-19(8-16-5-6-27-13-16)22-24-14(2)12-28-22/h5-6,9-10,12-13,15,19,23H,4,7-8,11H2,1-3H3/t15-,19+/m1/s1. The second-order valence-electron chi connectivity index (χ2n) is 7.23. The van der Waals surface area contributed by atoms with Crippen LogP contribution in [-0.2, 0) is 19.4 Å². The molecule has 0 spiro atoms. The zero-order valence-electron chi connectivity index (χ0n) is 16.5. The zero-order valence-corrected chi connectivity index (χ0v) is 18.2. The number of fused-ring (bicyclic) bond motifs is 1. The van der Waals surface area contributed by atoms with Gasteiger partial charge in [0, 0.05) is 35.2 Å². The van der Waals surface area contributed by atoms with Gasteiger partial charge in [0.2, 0.25) is 0 Å². The van der Waals surface area contributed by atoms with Gasteiger partial charge in [0.15, 0.2) is 0 Å². The van der Waals surface area contributed by atoms with Crippen molar-refractivity contribution in [2.75, 3.05) is 6.61 Å². The molecule has 0 radical (unpaired) electrons. The number of ether oxygens (including phenoxy) is 2. The van der Waals surface area contributed by atoms with Crippen molar-refractivity contribution in [3.05, 3.63) is 61.7 Å². The molecule has 0 unspecified atom stereocenters. The van der Waals surface area contributed by atoms with Crippen LogP contribution in [0, 0.1) is 6.92 Å². The minimum absolute atomic E-state index is 0.177. The number of aromatic nitrogens is 1. The average Bonchev–Trinajstić information content (AvgIpc) is 3.39. The van der Waals surface area contributed by atoms with Crippen molar-refractivity contribution >= 4 is 22.7 Å². The van der Waals surface area contributed by atoms with Gasteiger partial charge in [0.25, 0.3) is 0 Å². The molecule has 2 aromatic heterocycles. The summed E-state index contributed by atoms with van der Waals surface area (Å²) < 4.78 is 11.9. The fourth-order valence-electron chi connectivity index (χ4n) is 3.57. The van der Waals surface area contributed by atoms with Gasteiger partial charge in [-0.2, -0.15) is 11.3 Å². The van der Waals surface area contributed by atoms with E-state index >= 15 is 0 Å². The van der Waals surface area contributed by atoms with Crippen LogP contribution in [0.3, 0.4) is 0 Å². The Balaban J connectivity index is 1.55. The first kappa shape index (κ1) is 19.4. The number of thiophene rings is 1. The van der Waals surface area contributed by atoms with Gasteiger partial charge >= 0.3 is 0 Å². The molecular weight excluding hydrogens is 388 g/mol. The van der Waals surface area contributed by atoms with Crippen LogP contribution in [-0.4, -0.2) is 17.7 Å². The number of aryl methyl sites for hydroxylation is 1. The summed E-state index contributed by atoms with van der Waals surface area (Å²) in [4.78, 5) is 4.73. The van der Waals surface area contributed by atoms with Crippen molar-refractivity contribution in [3.63, 3.8) is 0 Å². The maximum absolute atomic E-state index is 5.97. The monoisotopic (exact) mass is 414 g/mol. The Labute approximate surface area is 174 Å². The predicted molar refractivity (Wildman–Crippen MR) is 116 cm³/mol. The smallest absolute Gasteiger partial charge is 0.124 e. The van der Waals surface area contributed by atoms with Crippen LogP contribution in [0.25, 0.3) is 0 Å². The first-order valence-electron chi connectivity index (χ1n) is 9.74. The number of rotatable bonds is 8. The van der Waals surface area contributed by atoms with Gasteiger partial charge < -0.3 is 14.8 Å². The van der Waals surface area contributed by atoms with Crippen molar-refractivity contribution in [1.29, 1.82) is 0 Å². The van der Waals surface area contributed by atoms with E-state index in [0.717, 1.165) is 40.6 Å². The summed E-state index contributed by atoms with van der Waals surface area (Å²) in [6.07, 6.45) is 2.11. The first-order valence-corrected chi connectivity index (χ1v) is 11.6. The summed E-state index contributed by atoms with van der Waals surface area (Å²) in [6, 6.07) is 6.67. The number of nitrogens with zero attached hydrogens (tertiary/aromatic N) is 1. The molecule has 0 fully saturated rings. The SMILES string of the molecule is CCOc1cc2c(cc1CN[C@@H](Cc1ccsc1)c1nc(C)cs1)O[C@H](C)C2. The molecular formula is C22H26N2O2S2. The number of hydrogen-bond donors (Lipinski definition) is 1. The summed E-state index contributed by atoms with van der Waals surface area (Å²) in [6.45, 7) is 7.56. The molecule has 0 amide bonds. The maximum atomic E-state index is 5.97. The molecule has 6 heteroatoms. The average molecular weight is 415 g/mol. The molecule has 4 nitrogen and oxygen atoms in total. The summed E-state index contributed by atoms with van der Waals surface area (Å²) in [7, 11) is 0. The van der Waals surface area contributed by atoms with Crippen LogP contribution in [0.4, 0.5) is 0 Å². The van der Waals surface area contributed by atoms with Gasteiger partial charge in [-0.1, -0.05) is 0 Å². The van der Waals surface area contributed by atoms with E-state index in [4.69, 9.17) is 14.5 Å². The van der Waals surface area contributed by atoms with E-state index in [9.17, 15) is 0 Å². The third-order valence-electron chi connectivity index (χ3n) is 4.87. The van der Waals surface area contributed by atoms with E-state index < -0.39 is 0 Å². The highest BCUT2D eigenvalue weighted by molar-refractivity contribution is 7.09. The second-order valence-corrected chi connectivity index (χ2v) is 8.90. The molecule has 148 valence electrons. The lowest BCUT2D eigenvalue weighted by molar-refractivity contribution is 0.254. The molecule has 1 aromatic carbocycles. The number of nitrogens with one attached hydrogen (secondary N) is 1. The normalized spacial score (nSPS) is 16.6. The van der Waals surface area contributed by atoms with Crippen molar-refractivity contribution in [2.45, 2.75) is 52.3 Å². The molecule has 2 atom stereocenters. The van der Waals surface area contributed by atoms with E-state index in [-0.39, 0.29) is 12.1 Å². The third-order valence-corrected chi connectivity index (χ3v) is 6.68. The number of benzene rings is 1. The molecule has 28 heavy (non-hydrogen) atoms. The molecule has 0 aliphatic carbocycles. The van der Waals surface area contributed by atoms with Crippen LogP contribution >= 0.6 is 22.7 Å². The molecule has 1 aliphatic rings. The minimum Gasteiger partial charge on any atom is -0.494 e. The van der Waals surface area contributed by atoms with Crippen molar-refractivity contribution in [3.8, 4) is 11.5 Å². The minimum atomic E-state index is 0.177. The summed E-state index contributed by atoms with van der Waals surface area (Å²) in [5.74, 6) is 1.95. The van der Waals surface area contributed by atoms with Crippen LogP contribution in [0.1, 0.15) is 47.3 Å². The van der Waals surface area contributed by atoms with E-state index in [0.29, 0.717) is 13.2 Å². The number of thiazole rings is 1. The summed E-state index contributed by atoms with van der Waals surface area (Å²) in [5.41, 5.74) is 4.79. The molecule has 0 saturated heterocycles. The van der Waals surface area contributed by atoms with Gasteiger partial charge in [-0.05, 0) is 61.7 Å². The third kappa shape index (κ3) is 4.40.